The highest BCUT2D eigenvalue weighted by molar-refractivity contribution is 5.84. The predicted molar refractivity (Wildman–Crippen MR) is 73.9 cm³/mol. The summed E-state index contributed by atoms with van der Waals surface area (Å²) in [5, 5.41) is 11.7. The Hall–Kier alpha value is -1.84. The molecule has 4 heteroatoms. The van der Waals surface area contributed by atoms with Crippen molar-refractivity contribution in [1.82, 2.24) is 5.32 Å². The van der Waals surface area contributed by atoms with E-state index in [0.29, 0.717) is 6.42 Å². The van der Waals surface area contributed by atoms with Crippen LogP contribution < -0.4 is 5.32 Å². The number of carboxylic acid groups (broad SMARTS) is 1. The Morgan fingerprint density at radius 2 is 1.84 bits per heavy atom. The first-order valence-corrected chi connectivity index (χ1v) is 6.44. The summed E-state index contributed by atoms with van der Waals surface area (Å²) in [5.74, 6) is -1.27. The Bertz CT molecular complexity index is 440. The fourth-order valence-corrected chi connectivity index (χ4v) is 1.76. The highest BCUT2D eigenvalue weighted by atomic mass is 16.4. The van der Waals surface area contributed by atoms with E-state index in [0.717, 1.165) is 5.56 Å². The van der Waals surface area contributed by atoms with Gasteiger partial charge in [-0.15, -0.1) is 0 Å². The van der Waals surface area contributed by atoms with Gasteiger partial charge in [-0.1, -0.05) is 37.3 Å². The first-order chi connectivity index (χ1) is 8.88. The number of aliphatic carboxylic acids is 1. The van der Waals surface area contributed by atoms with Crippen molar-refractivity contribution in [2.24, 2.45) is 5.41 Å². The number of carboxylic acids is 1. The van der Waals surface area contributed by atoms with Gasteiger partial charge in [0.05, 0.1) is 11.3 Å². The summed E-state index contributed by atoms with van der Waals surface area (Å²) in [6.45, 7) is 5.27. The Morgan fingerprint density at radius 3 is 2.32 bits per heavy atom. The summed E-state index contributed by atoms with van der Waals surface area (Å²) in [4.78, 5) is 23.1. The predicted octanol–water partition coefficient (Wildman–Crippen LogP) is 2.41. The van der Waals surface area contributed by atoms with Gasteiger partial charge in [0.25, 0.3) is 0 Å². The van der Waals surface area contributed by atoms with Crippen LogP contribution in [0.2, 0.25) is 0 Å². The summed E-state index contributed by atoms with van der Waals surface area (Å²) in [6.07, 6.45) is 0.684. The van der Waals surface area contributed by atoms with Crippen LogP contribution in [0.15, 0.2) is 30.3 Å². The molecule has 0 aromatic heterocycles. The average Bonchev–Trinajstić information content (AvgIpc) is 2.38. The number of carbonyl (C=O) groups is 2. The Balaban J connectivity index is 2.69. The van der Waals surface area contributed by atoms with Crippen LogP contribution in [0.4, 0.5) is 0 Å². The van der Waals surface area contributed by atoms with Crippen LogP contribution >= 0.6 is 0 Å². The largest absolute Gasteiger partial charge is 0.481 e. The second kappa shape index (κ2) is 6.36. The van der Waals surface area contributed by atoms with Gasteiger partial charge in [0.15, 0.2) is 0 Å². The molecule has 1 rings (SSSR count). The Kier molecular flexibility index (Phi) is 5.10. The number of nitrogens with one attached hydrogen (secondary N) is 1. The summed E-state index contributed by atoms with van der Waals surface area (Å²) in [5.41, 5.74) is 0.000557. The first-order valence-electron chi connectivity index (χ1n) is 6.44. The normalized spacial score (nSPS) is 12.8. The lowest BCUT2D eigenvalue weighted by molar-refractivity contribution is -0.146. The number of carbonyl (C=O) groups excluding carboxylic acids is 1. The molecule has 1 amide bonds. The standard InChI is InChI=1S/C15H21NO3/c1-4-12(11-8-6-5-7-9-11)13(17)16-10-15(2,3)14(18)19/h5-9,12H,4,10H2,1-3H3,(H,16,17)(H,18,19). The molecule has 1 aromatic carbocycles. The Labute approximate surface area is 113 Å². The summed E-state index contributed by atoms with van der Waals surface area (Å²) in [6, 6.07) is 9.52. The monoisotopic (exact) mass is 263 g/mol. The van der Waals surface area contributed by atoms with Gasteiger partial charge in [0, 0.05) is 6.54 Å². The molecular formula is C15H21NO3. The van der Waals surface area contributed by atoms with Crippen molar-refractivity contribution in [3.63, 3.8) is 0 Å². The van der Waals surface area contributed by atoms with Crippen LogP contribution in [0.1, 0.15) is 38.7 Å². The maximum absolute atomic E-state index is 12.1. The van der Waals surface area contributed by atoms with E-state index < -0.39 is 11.4 Å². The lowest BCUT2D eigenvalue weighted by atomic mass is 9.92. The van der Waals surface area contributed by atoms with Gasteiger partial charge in [0.1, 0.15) is 0 Å². The van der Waals surface area contributed by atoms with Crippen LogP contribution in [-0.2, 0) is 9.59 Å². The lowest BCUT2D eigenvalue weighted by Gasteiger charge is -2.22. The van der Waals surface area contributed by atoms with Gasteiger partial charge in [-0.3, -0.25) is 9.59 Å². The highest BCUT2D eigenvalue weighted by Crippen LogP contribution is 2.20. The van der Waals surface area contributed by atoms with Gasteiger partial charge < -0.3 is 10.4 Å². The molecule has 0 aliphatic rings. The first kappa shape index (κ1) is 15.2. The highest BCUT2D eigenvalue weighted by Gasteiger charge is 2.29. The van der Waals surface area contributed by atoms with Gasteiger partial charge in [-0.2, -0.15) is 0 Å². The smallest absolute Gasteiger partial charge is 0.310 e. The third-order valence-corrected chi connectivity index (χ3v) is 3.21. The van der Waals surface area contributed by atoms with E-state index in [2.05, 4.69) is 5.32 Å². The van der Waals surface area contributed by atoms with Crippen molar-refractivity contribution in [3.05, 3.63) is 35.9 Å². The summed E-state index contributed by atoms with van der Waals surface area (Å²) >= 11 is 0. The number of hydrogen-bond acceptors (Lipinski definition) is 2. The quantitative estimate of drug-likeness (QED) is 0.828. The molecule has 1 aromatic rings. The SMILES string of the molecule is CCC(C(=O)NCC(C)(C)C(=O)O)c1ccccc1. The Morgan fingerprint density at radius 1 is 1.26 bits per heavy atom. The van der Waals surface area contributed by atoms with Crippen molar-refractivity contribution in [2.75, 3.05) is 6.54 Å². The molecule has 0 heterocycles. The average molecular weight is 263 g/mol. The molecule has 0 saturated carbocycles. The molecule has 104 valence electrons. The zero-order valence-corrected chi connectivity index (χ0v) is 11.6. The van der Waals surface area contributed by atoms with E-state index in [1.165, 1.54) is 0 Å². The molecule has 0 fully saturated rings. The molecule has 0 aliphatic heterocycles. The van der Waals surface area contributed by atoms with E-state index in [1.54, 1.807) is 13.8 Å². The number of hydrogen-bond donors (Lipinski definition) is 2. The molecule has 0 spiro atoms. The molecule has 0 saturated heterocycles. The molecule has 0 radical (unpaired) electrons. The minimum Gasteiger partial charge on any atom is -0.481 e. The van der Waals surface area contributed by atoms with Crippen LogP contribution in [0.5, 0.6) is 0 Å². The van der Waals surface area contributed by atoms with E-state index in [1.807, 2.05) is 37.3 Å². The minimum absolute atomic E-state index is 0.122. The molecule has 4 nitrogen and oxygen atoms in total. The van der Waals surface area contributed by atoms with Crippen molar-refractivity contribution >= 4 is 11.9 Å². The van der Waals surface area contributed by atoms with E-state index in [9.17, 15) is 9.59 Å². The lowest BCUT2D eigenvalue weighted by Crippen LogP contribution is -2.40. The molecule has 2 N–H and O–H groups in total. The van der Waals surface area contributed by atoms with E-state index in [4.69, 9.17) is 5.11 Å². The molecule has 0 bridgehead atoms. The van der Waals surface area contributed by atoms with E-state index >= 15 is 0 Å². The zero-order chi connectivity index (χ0) is 14.5. The van der Waals surface area contributed by atoms with Crippen LogP contribution in [-0.4, -0.2) is 23.5 Å². The fourth-order valence-electron chi connectivity index (χ4n) is 1.76. The van der Waals surface area contributed by atoms with Crippen LogP contribution in [0.3, 0.4) is 0 Å². The topological polar surface area (TPSA) is 66.4 Å². The summed E-state index contributed by atoms with van der Waals surface area (Å²) < 4.78 is 0. The van der Waals surface area contributed by atoms with Crippen molar-refractivity contribution in [2.45, 2.75) is 33.1 Å². The van der Waals surface area contributed by atoms with Gasteiger partial charge >= 0.3 is 5.97 Å². The second-order valence-corrected chi connectivity index (χ2v) is 5.28. The van der Waals surface area contributed by atoms with Crippen LogP contribution in [0.25, 0.3) is 0 Å². The van der Waals surface area contributed by atoms with Crippen LogP contribution in [0, 0.1) is 5.41 Å². The number of benzene rings is 1. The van der Waals surface area contributed by atoms with Gasteiger partial charge in [-0.25, -0.2) is 0 Å². The fraction of sp³-hybridized carbons (Fsp3) is 0.467. The van der Waals surface area contributed by atoms with E-state index in [-0.39, 0.29) is 18.4 Å². The third-order valence-electron chi connectivity index (χ3n) is 3.21. The number of rotatable bonds is 6. The maximum atomic E-state index is 12.1. The van der Waals surface area contributed by atoms with Crippen molar-refractivity contribution < 1.29 is 14.7 Å². The number of amides is 1. The third kappa shape index (κ3) is 4.09. The minimum atomic E-state index is -0.954. The molecule has 19 heavy (non-hydrogen) atoms. The summed E-state index contributed by atoms with van der Waals surface area (Å²) in [7, 11) is 0. The van der Waals surface area contributed by atoms with Crippen molar-refractivity contribution in [1.29, 1.82) is 0 Å². The molecule has 0 aliphatic carbocycles. The van der Waals surface area contributed by atoms with Gasteiger partial charge in [-0.05, 0) is 25.8 Å². The zero-order valence-electron chi connectivity index (χ0n) is 11.6. The van der Waals surface area contributed by atoms with Crippen molar-refractivity contribution in [3.8, 4) is 0 Å². The molecular weight excluding hydrogens is 242 g/mol. The maximum Gasteiger partial charge on any atom is 0.310 e. The van der Waals surface area contributed by atoms with Gasteiger partial charge in [0.2, 0.25) is 5.91 Å². The second-order valence-electron chi connectivity index (χ2n) is 5.28. The molecule has 1 atom stereocenters. The molecule has 1 unspecified atom stereocenters.